The van der Waals surface area contributed by atoms with Gasteiger partial charge in [0.25, 0.3) is 0 Å². The van der Waals surface area contributed by atoms with Crippen molar-refractivity contribution in [2.75, 3.05) is 6.54 Å². The zero-order valence-electron chi connectivity index (χ0n) is 13.8. The summed E-state index contributed by atoms with van der Waals surface area (Å²) in [6.07, 6.45) is 1.13. The quantitative estimate of drug-likeness (QED) is 0.779. The first-order valence-electron chi connectivity index (χ1n) is 7.73. The van der Waals surface area contributed by atoms with Gasteiger partial charge in [-0.2, -0.15) is 5.26 Å². The fourth-order valence-corrected chi connectivity index (χ4v) is 2.44. The Bertz CT molecular complexity index is 622. The van der Waals surface area contributed by atoms with Crippen molar-refractivity contribution in [2.24, 2.45) is 0 Å². The van der Waals surface area contributed by atoms with Crippen molar-refractivity contribution in [3.8, 4) is 6.07 Å². The summed E-state index contributed by atoms with van der Waals surface area (Å²) in [4.78, 5) is 26.4. The van der Waals surface area contributed by atoms with E-state index < -0.39 is 17.2 Å². The van der Waals surface area contributed by atoms with Crippen LogP contribution >= 0.6 is 0 Å². The lowest BCUT2D eigenvalue weighted by atomic mass is 10.1. The van der Waals surface area contributed by atoms with Gasteiger partial charge < -0.3 is 4.74 Å². The third-order valence-electron chi connectivity index (χ3n) is 3.82. The van der Waals surface area contributed by atoms with Crippen LogP contribution in [0.3, 0.4) is 0 Å². The molecule has 2 rings (SSSR count). The molecule has 23 heavy (non-hydrogen) atoms. The zero-order valence-corrected chi connectivity index (χ0v) is 13.8. The molecule has 0 aliphatic heterocycles. The van der Waals surface area contributed by atoms with E-state index in [9.17, 15) is 9.59 Å². The number of nitriles is 1. The van der Waals surface area contributed by atoms with Gasteiger partial charge in [0.15, 0.2) is 5.78 Å². The highest BCUT2D eigenvalue weighted by Crippen LogP contribution is 2.45. The highest BCUT2D eigenvalue weighted by atomic mass is 16.6. The molecule has 1 amide bonds. The fourth-order valence-electron chi connectivity index (χ4n) is 2.44. The molecule has 0 N–H and O–H groups in total. The van der Waals surface area contributed by atoms with E-state index in [4.69, 9.17) is 10.00 Å². The Labute approximate surface area is 136 Å². The van der Waals surface area contributed by atoms with Crippen LogP contribution in [-0.4, -0.2) is 34.5 Å². The van der Waals surface area contributed by atoms with Gasteiger partial charge in [0.1, 0.15) is 5.60 Å². The Morgan fingerprint density at radius 3 is 2.35 bits per heavy atom. The summed E-state index contributed by atoms with van der Waals surface area (Å²) >= 11 is 0. The minimum absolute atomic E-state index is 0.0688. The molecule has 5 heteroatoms. The van der Waals surface area contributed by atoms with Gasteiger partial charge in [-0.25, -0.2) is 4.79 Å². The molecule has 0 radical (unpaired) electrons. The molecular weight excluding hydrogens is 292 g/mol. The number of hydrogen-bond acceptors (Lipinski definition) is 4. The third kappa shape index (κ3) is 4.32. The summed E-state index contributed by atoms with van der Waals surface area (Å²) in [6.45, 7) is 5.28. The Morgan fingerprint density at radius 2 is 1.87 bits per heavy atom. The molecule has 1 aliphatic carbocycles. The first-order chi connectivity index (χ1) is 10.8. The van der Waals surface area contributed by atoms with Crippen LogP contribution in [0.2, 0.25) is 0 Å². The molecule has 122 valence electrons. The number of carbonyl (C=O) groups is 2. The molecule has 1 aromatic rings. The van der Waals surface area contributed by atoms with E-state index in [-0.39, 0.29) is 18.7 Å². The lowest BCUT2D eigenvalue weighted by molar-refractivity contribution is 0.0135. The maximum atomic E-state index is 12.5. The van der Waals surface area contributed by atoms with Crippen molar-refractivity contribution < 1.29 is 14.3 Å². The summed E-state index contributed by atoms with van der Waals surface area (Å²) in [7, 11) is 0. The van der Waals surface area contributed by atoms with Crippen LogP contribution in [0, 0.1) is 11.3 Å². The minimum atomic E-state index is -0.645. The molecule has 0 unspecified atom stereocenters. The summed E-state index contributed by atoms with van der Waals surface area (Å²) < 4.78 is 5.43. The van der Waals surface area contributed by atoms with Crippen molar-refractivity contribution in [1.82, 2.24) is 4.90 Å². The second-order valence-corrected chi connectivity index (χ2v) is 6.91. The zero-order chi connectivity index (χ0) is 17.1. The Morgan fingerprint density at radius 1 is 1.26 bits per heavy atom. The van der Waals surface area contributed by atoms with Crippen LogP contribution in [0.5, 0.6) is 0 Å². The van der Waals surface area contributed by atoms with Crippen LogP contribution in [0.15, 0.2) is 30.3 Å². The second-order valence-electron chi connectivity index (χ2n) is 6.91. The summed E-state index contributed by atoms with van der Waals surface area (Å²) in [5, 5.41) is 9.04. The molecule has 0 bridgehead atoms. The maximum Gasteiger partial charge on any atom is 0.411 e. The second kappa shape index (κ2) is 6.41. The predicted molar refractivity (Wildman–Crippen MR) is 85.9 cm³/mol. The van der Waals surface area contributed by atoms with Gasteiger partial charge in [0.05, 0.1) is 24.6 Å². The molecular formula is C18H22N2O3. The largest absolute Gasteiger partial charge is 0.444 e. The van der Waals surface area contributed by atoms with Crippen molar-refractivity contribution in [3.05, 3.63) is 35.9 Å². The highest BCUT2D eigenvalue weighted by Gasteiger charge is 2.51. The number of Topliss-reactive ketones (excluding diaryl/α,β-unsaturated/α-hetero) is 1. The van der Waals surface area contributed by atoms with E-state index in [2.05, 4.69) is 6.07 Å². The van der Waals surface area contributed by atoms with Gasteiger partial charge in [-0.05, 0) is 33.6 Å². The predicted octanol–water partition coefficient (Wildman–Crippen LogP) is 3.55. The molecule has 5 nitrogen and oxygen atoms in total. The SMILES string of the molecule is CC(C)(C)OC(=O)N(CC(=O)c1ccccc1)C1(CC#N)CC1. The summed E-state index contributed by atoms with van der Waals surface area (Å²) in [6, 6.07) is 11.0. The van der Waals surface area contributed by atoms with Crippen LogP contribution in [0.25, 0.3) is 0 Å². The van der Waals surface area contributed by atoms with Crippen LogP contribution < -0.4 is 0 Å². The highest BCUT2D eigenvalue weighted by molar-refractivity contribution is 5.99. The number of amides is 1. The normalized spacial score (nSPS) is 15.4. The first-order valence-corrected chi connectivity index (χ1v) is 7.73. The minimum Gasteiger partial charge on any atom is -0.444 e. The van der Waals surface area contributed by atoms with E-state index in [1.165, 1.54) is 4.90 Å². The summed E-state index contributed by atoms with van der Waals surface area (Å²) in [5.74, 6) is -0.152. The third-order valence-corrected chi connectivity index (χ3v) is 3.82. The Kier molecular flexibility index (Phi) is 4.74. The van der Waals surface area contributed by atoms with Gasteiger partial charge in [-0.3, -0.25) is 9.69 Å². The van der Waals surface area contributed by atoms with Gasteiger partial charge in [-0.1, -0.05) is 30.3 Å². The number of rotatable bonds is 5. The number of ether oxygens (including phenoxy) is 1. The van der Waals surface area contributed by atoms with E-state index in [0.717, 1.165) is 12.8 Å². The van der Waals surface area contributed by atoms with E-state index >= 15 is 0 Å². The molecule has 0 atom stereocenters. The molecule has 1 aromatic carbocycles. The van der Waals surface area contributed by atoms with Crippen LogP contribution in [-0.2, 0) is 4.74 Å². The molecule has 1 saturated carbocycles. The molecule has 0 spiro atoms. The van der Waals surface area contributed by atoms with Crippen molar-refractivity contribution in [3.63, 3.8) is 0 Å². The maximum absolute atomic E-state index is 12.5. The van der Waals surface area contributed by atoms with Crippen LogP contribution in [0.1, 0.15) is 50.4 Å². The number of ketones is 1. The number of benzene rings is 1. The monoisotopic (exact) mass is 314 g/mol. The Hall–Kier alpha value is -2.35. The van der Waals surface area contributed by atoms with E-state index in [1.54, 1.807) is 45.0 Å². The van der Waals surface area contributed by atoms with E-state index in [0.29, 0.717) is 5.56 Å². The van der Waals surface area contributed by atoms with Crippen LogP contribution in [0.4, 0.5) is 4.79 Å². The molecule has 0 aromatic heterocycles. The standard InChI is InChI=1S/C18H22N2O3/c1-17(2,3)23-16(22)20(18(9-10-18)11-12-19)13-15(21)14-7-5-4-6-8-14/h4-8H,9-11,13H2,1-3H3. The lowest BCUT2D eigenvalue weighted by Crippen LogP contribution is -2.47. The average molecular weight is 314 g/mol. The molecule has 0 heterocycles. The van der Waals surface area contributed by atoms with Crippen molar-refractivity contribution >= 4 is 11.9 Å². The van der Waals surface area contributed by atoms with Gasteiger partial charge >= 0.3 is 6.09 Å². The van der Waals surface area contributed by atoms with Gasteiger partial charge in [0.2, 0.25) is 0 Å². The average Bonchev–Trinajstić information content (AvgIpc) is 3.24. The van der Waals surface area contributed by atoms with Crippen molar-refractivity contribution in [2.45, 2.75) is 51.2 Å². The van der Waals surface area contributed by atoms with E-state index in [1.807, 2.05) is 6.07 Å². The lowest BCUT2D eigenvalue weighted by Gasteiger charge is -2.32. The number of carbonyl (C=O) groups excluding carboxylic acids is 2. The fraction of sp³-hybridized carbons (Fsp3) is 0.500. The Balaban J connectivity index is 2.19. The smallest absolute Gasteiger partial charge is 0.411 e. The topological polar surface area (TPSA) is 70.4 Å². The molecule has 0 saturated heterocycles. The number of nitrogens with zero attached hydrogens (tertiary/aromatic N) is 2. The molecule has 1 fully saturated rings. The molecule has 1 aliphatic rings. The number of hydrogen-bond donors (Lipinski definition) is 0. The van der Waals surface area contributed by atoms with Gasteiger partial charge in [0, 0.05) is 5.56 Å². The first kappa shape index (κ1) is 17.0. The summed E-state index contributed by atoms with van der Waals surface area (Å²) in [5.41, 5.74) is -0.649. The van der Waals surface area contributed by atoms with Gasteiger partial charge in [-0.15, -0.1) is 0 Å². The van der Waals surface area contributed by atoms with Crippen molar-refractivity contribution in [1.29, 1.82) is 5.26 Å².